The maximum atomic E-state index is 6.02. The van der Waals surface area contributed by atoms with Gasteiger partial charge in [-0.15, -0.1) is 11.6 Å². The average molecular weight is 273 g/mol. The molecule has 1 aliphatic carbocycles. The third-order valence-corrected chi connectivity index (χ3v) is 4.10. The molecule has 0 aliphatic heterocycles. The largest absolute Gasteiger partial charge is 0.357 e. The van der Waals surface area contributed by atoms with E-state index in [4.69, 9.17) is 23.2 Å². The minimum atomic E-state index is 0.440. The number of aromatic nitrogens is 1. The number of anilines is 1. The molecule has 4 heteroatoms. The first-order chi connectivity index (χ1) is 8.24. The molecule has 94 valence electrons. The minimum absolute atomic E-state index is 0.440. The number of hydrogen-bond donors (Lipinski definition) is 0. The Morgan fingerprint density at radius 1 is 1.47 bits per heavy atom. The number of hydrogen-bond acceptors (Lipinski definition) is 2. The second-order valence-electron chi connectivity index (χ2n) is 4.60. The number of nitrogens with zero attached hydrogens (tertiary/aromatic N) is 2. The maximum absolute atomic E-state index is 6.02. The lowest BCUT2D eigenvalue weighted by atomic mass is 9.85. The van der Waals surface area contributed by atoms with Crippen molar-refractivity contribution in [2.24, 2.45) is 5.92 Å². The molecule has 0 amide bonds. The summed E-state index contributed by atoms with van der Waals surface area (Å²) in [5, 5.41) is 0.656. The van der Waals surface area contributed by atoms with Crippen LogP contribution in [0.2, 0.25) is 5.02 Å². The summed E-state index contributed by atoms with van der Waals surface area (Å²) in [6, 6.07) is 2.01. The zero-order valence-electron chi connectivity index (χ0n) is 10.1. The van der Waals surface area contributed by atoms with E-state index in [1.54, 1.807) is 6.20 Å². The lowest BCUT2D eigenvalue weighted by Crippen LogP contribution is -2.33. The molecule has 0 spiro atoms. The molecule has 1 fully saturated rings. The Balaban J connectivity index is 2.11. The first-order valence-electron chi connectivity index (χ1n) is 6.20. The van der Waals surface area contributed by atoms with Gasteiger partial charge in [-0.3, -0.25) is 0 Å². The summed E-state index contributed by atoms with van der Waals surface area (Å²) >= 11 is 11.9. The van der Waals surface area contributed by atoms with Crippen LogP contribution in [0.15, 0.2) is 12.3 Å². The first kappa shape index (κ1) is 13.0. The van der Waals surface area contributed by atoms with Gasteiger partial charge in [0.1, 0.15) is 5.82 Å². The monoisotopic (exact) mass is 272 g/mol. The molecule has 1 heterocycles. The Morgan fingerprint density at radius 3 is 2.76 bits per heavy atom. The predicted molar refractivity (Wildman–Crippen MR) is 74.0 cm³/mol. The predicted octanol–water partition coefficient (Wildman–Crippen LogP) is 4.10. The van der Waals surface area contributed by atoms with Crippen LogP contribution in [0.4, 0.5) is 5.82 Å². The van der Waals surface area contributed by atoms with Gasteiger partial charge < -0.3 is 4.90 Å². The number of alkyl halides is 1. The summed E-state index contributed by atoms with van der Waals surface area (Å²) in [4.78, 5) is 6.72. The van der Waals surface area contributed by atoms with Crippen LogP contribution < -0.4 is 4.90 Å². The number of halogens is 2. The molecule has 0 saturated heterocycles. The van der Waals surface area contributed by atoms with Crippen molar-refractivity contribution >= 4 is 29.0 Å². The molecular formula is C13H18Cl2N2. The van der Waals surface area contributed by atoms with Crippen molar-refractivity contribution in [2.45, 2.75) is 32.1 Å². The molecule has 0 radical (unpaired) electrons. The van der Waals surface area contributed by atoms with Crippen LogP contribution >= 0.6 is 23.2 Å². The highest BCUT2D eigenvalue weighted by atomic mass is 35.5. The molecule has 0 unspecified atom stereocenters. The molecule has 0 atom stereocenters. The Labute approximate surface area is 113 Å². The normalized spacial score (nSPS) is 15.7. The van der Waals surface area contributed by atoms with E-state index in [9.17, 15) is 0 Å². The van der Waals surface area contributed by atoms with Crippen molar-refractivity contribution in [1.82, 2.24) is 4.98 Å². The minimum Gasteiger partial charge on any atom is -0.357 e. The quantitative estimate of drug-likeness (QED) is 0.751. The van der Waals surface area contributed by atoms with Gasteiger partial charge in [0, 0.05) is 25.2 Å². The summed E-state index contributed by atoms with van der Waals surface area (Å²) in [5.41, 5.74) is 0.963. The van der Waals surface area contributed by atoms with Gasteiger partial charge in [0.2, 0.25) is 0 Å². The van der Waals surface area contributed by atoms with Crippen LogP contribution in [0.3, 0.4) is 0 Å². The van der Waals surface area contributed by atoms with Gasteiger partial charge in [-0.1, -0.05) is 18.0 Å². The second kappa shape index (κ2) is 5.92. The first-order valence-corrected chi connectivity index (χ1v) is 7.11. The summed E-state index contributed by atoms with van der Waals surface area (Å²) in [6.45, 7) is 4.25. The Kier molecular flexibility index (Phi) is 4.52. The molecule has 1 saturated carbocycles. The maximum Gasteiger partial charge on any atom is 0.128 e. The number of rotatable bonds is 5. The van der Waals surface area contributed by atoms with Gasteiger partial charge in [0.15, 0.2) is 0 Å². The standard InChI is InChI=1S/C13H18Cl2N2/c1-2-17(9-10-4-3-5-10)13-6-11(7-14)12(15)8-16-13/h6,8,10H,2-5,7,9H2,1H3. The SMILES string of the molecule is CCN(CC1CCC1)c1cc(CCl)c(Cl)cn1. The molecule has 1 aromatic rings. The van der Waals surface area contributed by atoms with Crippen molar-refractivity contribution in [3.63, 3.8) is 0 Å². The molecular weight excluding hydrogens is 255 g/mol. The zero-order valence-corrected chi connectivity index (χ0v) is 11.6. The molecule has 1 aromatic heterocycles. The lowest BCUT2D eigenvalue weighted by molar-refractivity contribution is 0.318. The van der Waals surface area contributed by atoms with Gasteiger partial charge in [0.05, 0.1) is 5.02 Å². The second-order valence-corrected chi connectivity index (χ2v) is 5.28. The van der Waals surface area contributed by atoms with Crippen molar-refractivity contribution in [3.8, 4) is 0 Å². The lowest BCUT2D eigenvalue weighted by Gasteiger charge is -2.32. The highest BCUT2D eigenvalue weighted by Crippen LogP contribution is 2.29. The fourth-order valence-electron chi connectivity index (χ4n) is 2.11. The van der Waals surface area contributed by atoms with Crippen molar-refractivity contribution in [2.75, 3.05) is 18.0 Å². The van der Waals surface area contributed by atoms with E-state index >= 15 is 0 Å². The van der Waals surface area contributed by atoms with Crippen molar-refractivity contribution < 1.29 is 0 Å². The topological polar surface area (TPSA) is 16.1 Å². The number of pyridine rings is 1. The summed E-state index contributed by atoms with van der Waals surface area (Å²) < 4.78 is 0. The van der Waals surface area contributed by atoms with Gasteiger partial charge in [-0.2, -0.15) is 0 Å². The smallest absolute Gasteiger partial charge is 0.128 e. The third kappa shape index (κ3) is 3.05. The van der Waals surface area contributed by atoms with E-state index in [1.165, 1.54) is 19.3 Å². The molecule has 0 N–H and O–H groups in total. The van der Waals surface area contributed by atoms with Crippen LogP contribution in [-0.2, 0) is 5.88 Å². The van der Waals surface area contributed by atoms with Crippen LogP contribution in [0.5, 0.6) is 0 Å². The molecule has 0 aromatic carbocycles. The molecule has 2 rings (SSSR count). The van der Waals surface area contributed by atoms with E-state index in [2.05, 4.69) is 16.8 Å². The van der Waals surface area contributed by atoms with Crippen LogP contribution in [0, 0.1) is 5.92 Å². The van der Waals surface area contributed by atoms with Gasteiger partial charge in [-0.25, -0.2) is 4.98 Å². The van der Waals surface area contributed by atoms with Crippen LogP contribution in [0.25, 0.3) is 0 Å². The fraction of sp³-hybridized carbons (Fsp3) is 0.615. The fourth-order valence-corrected chi connectivity index (χ4v) is 2.57. The summed E-state index contributed by atoms with van der Waals surface area (Å²) in [5.74, 6) is 2.28. The average Bonchev–Trinajstić information content (AvgIpc) is 2.29. The van der Waals surface area contributed by atoms with Gasteiger partial charge >= 0.3 is 0 Å². The molecule has 2 nitrogen and oxygen atoms in total. The van der Waals surface area contributed by atoms with Crippen LogP contribution in [-0.4, -0.2) is 18.1 Å². The van der Waals surface area contributed by atoms with E-state index in [-0.39, 0.29) is 0 Å². The van der Waals surface area contributed by atoms with E-state index < -0.39 is 0 Å². The summed E-state index contributed by atoms with van der Waals surface area (Å²) in [6.07, 6.45) is 5.79. The highest BCUT2D eigenvalue weighted by Gasteiger charge is 2.21. The molecule has 17 heavy (non-hydrogen) atoms. The zero-order chi connectivity index (χ0) is 12.3. The van der Waals surface area contributed by atoms with E-state index in [0.717, 1.165) is 30.4 Å². The Bertz CT molecular complexity index is 378. The van der Waals surface area contributed by atoms with Crippen molar-refractivity contribution in [3.05, 3.63) is 22.8 Å². The third-order valence-electron chi connectivity index (χ3n) is 3.47. The van der Waals surface area contributed by atoms with Crippen LogP contribution in [0.1, 0.15) is 31.7 Å². The highest BCUT2D eigenvalue weighted by molar-refractivity contribution is 6.32. The Hall–Kier alpha value is -0.470. The van der Waals surface area contributed by atoms with Gasteiger partial charge in [-0.05, 0) is 37.3 Å². The van der Waals surface area contributed by atoms with E-state index in [0.29, 0.717) is 10.9 Å². The van der Waals surface area contributed by atoms with Gasteiger partial charge in [0.25, 0.3) is 0 Å². The summed E-state index contributed by atoms with van der Waals surface area (Å²) in [7, 11) is 0. The van der Waals surface area contributed by atoms with E-state index in [1.807, 2.05) is 6.07 Å². The molecule has 0 bridgehead atoms. The Morgan fingerprint density at radius 2 is 2.24 bits per heavy atom. The molecule has 1 aliphatic rings. The van der Waals surface area contributed by atoms with Crippen molar-refractivity contribution in [1.29, 1.82) is 0 Å².